The molecule has 0 aliphatic heterocycles. The summed E-state index contributed by atoms with van der Waals surface area (Å²) in [5.41, 5.74) is 0. The molecule has 0 bridgehead atoms. The lowest BCUT2D eigenvalue weighted by Gasteiger charge is -1.99. The summed E-state index contributed by atoms with van der Waals surface area (Å²) in [4.78, 5) is 29.5. The number of hydrogen-bond acceptors (Lipinski definition) is 5. The number of carboxylic acid groups (broad SMARTS) is 2. The minimum Gasteiger partial charge on any atom is -0.545 e. The SMILES string of the molecule is O=C([O-])C=CC(=O)NC(=O)[O-].[NH4+].[NH4+]. The fourth-order valence-corrected chi connectivity index (χ4v) is 0.286. The highest BCUT2D eigenvalue weighted by Gasteiger charge is 1.91. The van der Waals surface area contributed by atoms with Gasteiger partial charge in [0, 0.05) is 6.08 Å². The molecule has 13 heavy (non-hydrogen) atoms. The molecule has 8 nitrogen and oxygen atoms in total. The van der Waals surface area contributed by atoms with Crippen molar-refractivity contribution in [2.45, 2.75) is 0 Å². The van der Waals surface area contributed by atoms with Crippen LogP contribution in [-0.2, 0) is 9.59 Å². The molecule has 2 amide bonds. The molecule has 0 aliphatic rings. The Labute approximate surface area is 73.4 Å². The summed E-state index contributed by atoms with van der Waals surface area (Å²) < 4.78 is 0. The third-order valence-electron chi connectivity index (χ3n) is 0.596. The number of imide groups is 1. The number of nitrogens with one attached hydrogen (secondary N) is 1. The van der Waals surface area contributed by atoms with Crippen LogP contribution in [0.15, 0.2) is 12.2 Å². The van der Waals surface area contributed by atoms with E-state index in [9.17, 15) is 24.6 Å². The topological polar surface area (TPSA) is 182 Å². The molecule has 0 aromatic rings. The average Bonchev–Trinajstić information content (AvgIpc) is 1.82. The molecule has 0 rings (SSSR count). The van der Waals surface area contributed by atoms with Crippen LogP contribution in [0.5, 0.6) is 0 Å². The molecule has 0 radical (unpaired) electrons. The number of quaternary nitrogens is 2. The maximum atomic E-state index is 10.2. The van der Waals surface area contributed by atoms with E-state index in [1.54, 1.807) is 0 Å². The van der Waals surface area contributed by atoms with Crippen molar-refractivity contribution in [3.05, 3.63) is 12.2 Å². The maximum absolute atomic E-state index is 10.2. The molecular weight excluding hydrogens is 182 g/mol. The van der Waals surface area contributed by atoms with Crippen LogP contribution in [0.2, 0.25) is 0 Å². The monoisotopic (exact) mass is 193 g/mol. The van der Waals surface area contributed by atoms with E-state index in [-0.39, 0.29) is 12.3 Å². The van der Waals surface area contributed by atoms with Crippen LogP contribution in [0.4, 0.5) is 4.79 Å². The second-order valence-electron chi connectivity index (χ2n) is 1.43. The van der Waals surface area contributed by atoms with Crippen LogP contribution in [0.1, 0.15) is 0 Å². The number of carboxylic acids is 1. The van der Waals surface area contributed by atoms with E-state index in [2.05, 4.69) is 0 Å². The van der Waals surface area contributed by atoms with E-state index >= 15 is 0 Å². The molecule has 0 heterocycles. The zero-order chi connectivity index (χ0) is 8.85. The molecule has 0 saturated heterocycles. The lowest BCUT2D eigenvalue weighted by Crippen LogP contribution is -2.39. The van der Waals surface area contributed by atoms with Crippen LogP contribution >= 0.6 is 0 Å². The standard InChI is InChI=1S/C5H5NO5.2H3N/c7-3(6-5(10)11)1-2-4(8)9;;/h1-2H,(H,6,7)(H,8,9)(H,10,11);2*1H3. The summed E-state index contributed by atoms with van der Waals surface area (Å²) in [6.45, 7) is 0. The number of amides is 2. The van der Waals surface area contributed by atoms with Crippen molar-refractivity contribution in [2.24, 2.45) is 0 Å². The first-order valence-electron chi connectivity index (χ1n) is 2.43. The van der Waals surface area contributed by atoms with E-state index in [4.69, 9.17) is 0 Å². The predicted molar refractivity (Wildman–Crippen MR) is 39.7 cm³/mol. The van der Waals surface area contributed by atoms with Gasteiger partial charge in [-0.3, -0.25) is 4.79 Å². The third kappa shape index (κ3) is 13.1. The molecule has 0 aromatic heterocycles. The van der Waals surface area contributed by atoms with Crippen LogP contribution in [0.3, 0.4) is 0 Å². The Balaban J connectivity index is -0.000000500. The molecule has 0 aromatic carbocycles. The van der Waals surface area contributed by atoms with Gasteiger partial charge in [-0.05, 0) is 6.08 Å². The number of carbonyl (C=O) groups excluding carboxylic acids is 3. The fraction of sp³-hybridized carbons (Fsp3) is 0. The second kappa shape index (κ2) is 8.17. The number of hydrogen-bond donors (Lipinski definition) is 3. The van der Waals surface area contributed by atoms with E-state index in [0.717, 1.165) is 0 Å². The van der Waals surface area contributed by atoms with Gasteiger partial charge in [-0.1, -0.05) is 0 Å². The molecule has 0 spiro atoms. The Kier molecular flexibility index (Phi) is 10.8. The predicted octanol–water partition coefficient (Wildman–Crippen LogP) is -2.50. The summed E-state index contributed by atoms with van der Waals surface area (Å²) in [6.07, 6.45) is -0.887. The van der Waals surface area contributed by atoms with E-state index in [1.807, 2.05) is 0 Å². The van der Waals surface area contributed by atoms with Gasteiger partial charge in [-0.15, -0.1) is 0 Å². The zero-order valence-electron chi connectivity index (χ0n) is 7.20. The highest BCUT2D eigenvalue weighted by atomic mass is 16.4. The zero-order valence-corrected chi connectivity index (χ0v) is 7.20. The number of rotatable bonds is 2. The summed E-state index contributed by atoms with van der Waals surface area (Å²) in [7, 11) is 0. The Morgan fingerprint density at radius 1 is 1.00 bits per heavy atom. The molecule has 76 valence electrons. The van der Waals surface area contributed by atoms with Crippen molar-refractivity contribution in [1.29, 1.82) is 0 Å². The smallest absolute Gasteiger partial charge is 0.249 e. The number of carbonyl (C=O) groups is 3. The van der Waals surface area contributed by atoms with Gasteiger partial charge in [0.1, 0.15) is 6.09 Å². The van der Waals surface area contributed by atoms with Crippen LogP contribution in [0.25, 0.3) is 0 Å². The normalized spacial score (nSPS) is 8.00. The quantitative estimate of drug-likeness (QED) is 0.409. The highest BCUT2D eigenvalue weighted by Crippen LogP contribution is 1.70. The van der Waals surface area contributed by atoms with Crippen molar-refractivity contribution in [1.82, 2.24) is 17.6 Å². The Morgan fingerprint density at radius 2 is 1.46 bits per heavy atom. The molecule has 0 unspecified atom stereocenters. The van der Waals surface area contributed by atoms with Gasteiger partial charge in [-0.25, -0.2) is 0 Å². The van der Waals surface area contributed by atoms with Crippen molar-refractivity contribution < 1.29 is 24.6 Å². The molecule has 0 aliphatic carbocycles. The summed E-state index contributed by atoms with van der Waals surface area (Å²) in [5, 5.41) is 20.5. The second-order valence-corrected chi connectivity index (χ2v) is 1.43. The van der Waals surface area contributed by atoms with Gasteiger partial charge in [0.15, 0.2) is 0 Å². The molecule has 0 atom stereocenters. The first-order valence-corrected chi connectivity index (χ1v) is 2.43. The van der Waals surface area contributed by atoms with E-state index < -0.39 is 18.0 Å². The van der Waals surface area contributed by atoms with Gasteiger partial charge in [0.25, 0.3) is 0 Å². The van der Waals surface area contributed by atoms with Gasteiger partial charge in [0.05, 0.1) is 5.97 Å². The van der Waals surface area contributed by atoms with Gasteiger partial charge < -0.3 is 37.4 Å². The highest BCUT2D eigenvalue weighted by molar-refractivity contribution is 6.00. The third-order valence-corrected chi connectivity index (χ3v) is 0.596. The fourth-order valence-electron chi connectivity index (χ4n) is 0.286. The lowest BCUT2D eigenvalue weighted by molar-refractivity contribution is -0.297. The Bertz CT molecular complexity index is 224. The van der Waals surface area contributed by atoms with E-state index in [1.165, 1.54) is 5.32 Å². The number of aliphatic carboxylic acids is 1. The minimum atomic E-state index is -1.79. The van der Waals surface area contributed by atoms with Crippen LogP contribution in [0, 0.1) is 0 Å². The van der Waals surface area contributed by atoms with Gasteiger partial charge in [-0.2, -0.15) is 0 Å². The Morgan fingerprint density at radius 3 is 1.77 bits per heavy atom. The van der Waals surface area contributed by atoms with Crippen molar-refractivity contribution in [2.75, 3.05) is 0 Å². The molecule has 0 fully saturated rings. The van der Waals surface area contributed by atoms with Gasteiger partial charge in [0.2, 0.25) is 5.91 Å². The van der Waals surface area contributed by atoms with Gasteiger partial charge >= 0.3 is 0 Å². The molecule has 8 heteroatoms. The van der Waals surface area contributed by atoms with Crippen LogP contribution in [-0.4, -0.2) is 18.0 Å². The Hall–Kier alpha value is -1.93. The van der Waals surface area contributed by atoms with Crippen molar-refractivity contribution >= 4 is 18.0 Å². The van der Waals surface area contributed by atoms with Crippen molar-refractivity contribution in [3.8, 4) is 0 Å². The lowest BCUT2D eigenvalue weighted by atomic mass is 10.5. The summed E-state index contributed by atoms with van der Waals surface area (Å²) in [6, 6.07) is 0. The van der Waals surface area contributed by atoms with Crippen LogP contribution < -0.4 is 27.8 Å². The average molecular weight is 193 g/mol. The maximum Gasteiger partial charge on any atom is 0.249 e. The molecule has 9 N–H and O–H groups in total. The first kappa shape index (κ1) is 17.2. The first-order chi connectivity index (χ1) is 5.02. The largest absolute Gasteiger partial charge is 0.545 e. The summed E-state index contributed by atoms with van der Waals surface area (Å²) >= 11 is 0. The minimum absolute atomic E-state index is 0. The van der Waals surface area contributed by atoms with Crippen molar-refractivity contribution in [3.63, 3.8) is 0 Å². The van der Waals surface area contributed by atoms with E-state index in [0.29, 0.717) is 12.2 Å². The molecule has 0 saturated carbocycles. The summed E-state index contributed by atoms with van der Waals surface area (Å²) in [5.74, 6) is -2.67. The molecular formula is C5H11N3O5.